The molecule has 0 saturated carbocycles. The van der Waals surface area contributed by atoms with Crippen LogP contribution in [-0.4, -0.2) is 68.8 Å². The highest BCUT2D eigenvalue weighted by atomic mass is 16.5. The van der Waals surface area contributed by atoms with Gasteiger partial charge in [0.25, 0.3) is 11.7 Å². The van der Waals surface area contributed by atoms with E-state index in [1.54, 1.807) is 11.0 Å². The second-order valence-electron chi connectivity index (χ2n) is 9.48. The van der Waals surface area contributed by atoms with E-state index in [4.69, 9.17) is 4.74 Å². The highest BCUT2D eigenvalue weighted by Gasteiger charge is 2.46. The number of benzene rings is 1. The van der Waals surface area contributed by atoms with E-state index in [0.29, 0.717) is 47.9 Å². The van der Waals surface area contributed by atoms with E-state index in [-0.39, 0.29) is 11.3 Å². The van der Waals surface area contributed by atoms with Crippen LogP contribution in [0.25, 0.3) is 11.4 Å². The number of aliphatic hydroxyl groups excluding tert-OH is 1. The van der Waals surface area contributed by atoms with Gasteiger partial charge in [-0.05, 0) is 69.2 Å². The van der Waals surface area contributed by atoms with Crippen LogP contribution in [-0.2, 0) is 9.59 Å². The van der Waals surface area contributed by atoms with Crippen molar-refractivity contribution in [2.75, 3.05) is 32.8 Å². The number of carbonyl (C=O) groups is 2. The molecule has 3 aromatic rings. The van der Waals surface area contributed by atoms with Gasteiger partial charge in [-0.1, -0.05) is 44.7 Å². The molecule has 3 heterocycles. The third-order valence-corrected chi connectivity index (χ3v) is 7.16. The number of aryl methyl sites for hydroxylation is 2. The molecule has 4 rings (SSSR count). The molecule has 0 bridgehead atoms. The zero-order valence-electron chi connectivity index (χ0n) is 22.6. The predicted octanol–water partition coefficient (Wildman–Crippen LogP) is 4.67. The number of ether oxygens (including phenoxy) is 1. The quantitative estimate of drug-likeness (QED) is 0.173. The highest BCUT2D eigenvalue weighted by Crippen LogP contribution is 2.40. The Kier molecular flexibility index (Phi) is 8.32. The van der Waals surface area contributed by atoms with Crippen LogP contribution < -0.4 is 4.74 Å². The lowest BCUT2D eigenvalue weighted by molar-refractivity contribution is -0.140. The minimum absolute atomic E-state index is 0.0443. The molecule has 1 aliphatic heterocycles. The van der Waals surface area contributed by atoms with Crippen molar-refractivity contribution >= 4 is 23.1 Å². The number of likely N-dealkylation sites (tertiary alicyclic amines) is 1. The Morgan fingerprint density at radius 2 is 1.95 bits per heavy atom. The van der Waals surface area contributed by atoms with Crippen LogP contribution >= 0.6 is 0 Å². The van der Waals surface area contributed by atoms with E-state index in [2.05, 4.69) is 30.3 Å². The standard InChI is InChI=1S/C30H36N4O4/c1-6-18-38-23-14-9-13-22(19-23)26-24(28(36)30(37)34(26)17-11-15-32(7-2)8-3)27(35)25-21(5)33-16-10-12-20(4)29(33)31-25/h6,9-10,12-14,16,19,26,35H,1,7-8,11,15,17-18H2,2-5H3. The number of carbonyl (C=O) groups excluding carboxylic acids is 2. The zero-order valence-corrected chi connectivity index (χ0v) is 22.6. The molecular weight excluding hydrogens is 480 g/mol. The number of nitrogens with zero attached hydrogens (tertiary/aromatic N) is 4. The third-order valence-electron chi connectivity index (χ3n) is 7.16. The lowest BCUT2D eigenvalue weighted by atomic mass is 9.96. The summed E-state index contributed by atoms with van der Waals surface area (Å²) in [5, 5.41) is 11.6. The normalized spacial score (nSPS) is 17.1. The van der Waals surface area contributed by atoms with Crippen LogP contribution in [0.3, 0.4) is 0 Å². The van der Waals surface area contributed by atoms with E-state index >= 15 is 0 Å². The molecule has 1 aromatic carbocycles. The molecule has 200 valence electrons. The van der Waals surface area contributed by atoms with Crippen molar-refractivity contribution in [1.82, 2.24) is 19.2 Å². The molecular formula is C30H36N4O4. The van der Waals surface area contributed by atoms with Crippen LogP contribution in [0.5, 0.6) is 5.75 Å². The fourth-order valence-corrected chi connectivity index (χ4v) is 5.07. The number of Topliss-reactive ketones (excluding diaryl/α,β-unsaturated/α-hetero) is 1. The Balaban J connectivity index is 1.82. The van der Waals surface area contributed by atoms with Gasteiger partial charge in [-0.3, -0.25) is 9.59 Å². The van der Waals surface area contributed by atoms with Gasteiger partial charge in [0.05, 0.1) is 17.3 Å². The third kappa shape index (κ3) is 5.09. The molecule has 1 saturated heterocycles. The molecule has 38 heavy (non-hydrogen) atoms. The lowest BCUT2D eigenvalue weighted by Crippen LogP contribution is -2.33. The van der Waals surface area contributed by atoms with Gasteiger partial charge in [-0.25, -0.2) is 4.98 Å². The second-order valence-corrected chi connectivity index (χ2v) is 9.48. The second kappa shape index (κ2) is 11.6. The van der Waals surface area contributed by atoms with Crippen molar-refractivity contribution in [2.24, 2.45) is 0 Å². The van der Waals surface area contributed by atoms with Gasteiger partial charge in [0.1, 0.15) is 23.7 Å². The summed E-state index contributed by atoms with van der Waals surface area (Å²) in [4.78, 5) is 35.4. The molecule has 1 unspecified atom stereocenters. The average molecular weight is 517 g/mol. The van der Waals surface area contributed by atoms with Crippen LogP contribution in [0, 0.1) is 13.8 Å². The number of imidazole rings is 1. The van der Waals surface area contributed by atoms with Gasteiger partial charge in [-0.2, -0.15) is 0 Å². The summed E-state index contributed by atoms with van der Waals surface area (Å²) in [5.74, 6) is -1.000. The number of pyridine rings is 1. The first-order chi connectivity index (χ1) is 18.3. The summed E-state index contributed by atoms with van der Waals surface area (Å²) in [6.45, 7) is 15.0. The summed E-state index contributed by atoms with van der Waals surface area (Å²) >= 11 is 0. The fraction of sp³-hybridized carbons (Fsp3) is 0.367. The van der Waals surface area contributed by atoms with Gasteiger partial charge in [0.15, 0.2) is 5.76 Å². The topological polar surface area (TPSA) is 87.4 Å². The molecule has 2 aromatic heterocycles. The first-order valence-corrected chi connectivity index (χ1v) is 13.1. The summed E-state index contributed by atoms with van der Waals surface area (Å²) in [6.07, 6.45) is 4.22. The number of ketones is 1. The van der Waals surface area contributed by atoms with Crippen molar-refractivity contribution in [2.45, 2.75) is 40.2 Å². The maximum absolute atomic E-state index is 13.5. The zero-order chi connectivity index (χ0) is 27.4. The van der Waals surface area contributed by atoms with E-state index in [9.17, 15) is 14.7 Å². The Bertz CT molecular complexity index is 1390. The van der Waals surface area contributed by atoms with Gasteiger partial charge in [-0.15, -0.1) is 0 Å². The van der Waals surface area contributed by atoms with Gasteiger partial charge < -0.3 is 24.0 Å². The Morgan fingerprint density at radius 1 is 1.18 bits per heavy atom. The average Bonchev–Trinajstić information content (AvgIpc) is 3.39. The Morgan fingerprint density at radius 3 is 2.63 bits per heavy atom. The van der Waals surface area contributed by atoms with Crippen LogP contribution in [0.2, 0.25) is 0 Å². The van der Waals surface area contributed by atoms with Crippen molar-refractivity contribution < 1.29 is 19.4 Å². The van der Waals surface area contributed by atoms with Crippen LogP contribution in [0.4, 0.5) is 0 Å². The van der Waals surface area contributed by atoms with E-state index in [1.807, 2.05) is 60.8 Å². The minimum Gasteiger partial charge on any atom is -0.505 e. The predicted molar refractivity (Wildman–Crippen MR) is 148 cm³/mol. The molecule has 8 heteroatoms. The SMILES string of the molecule is C=CCOc1cccc(C2C(=C(O)c3nc4c(C)cccn4c3C)C(=O)C(=O)N2CCCN(CC)CC)c1. The van der Waals surface area contributed by atoms with Crippen molar-refractivity contribution in [3.8, 4) is 5.75 Å². The van der Waals surface area contributed by atoms with Crippen molar-refractivity contribution in [3.63, 3.8) is 0 Å². The number of hydrogen-bond acceptors (Lipinski definition) is 6. The van der Waals surface area contributed by atoms with Crippen LogP contribution in [0.1, 0.15) is 48.8 Å². The molecule has 0 spiro atoms. The maximum atomic E-state index is 13.5. The van der Waals surface area contributed by atoms with Crippen molar-refractivity contribution in [3.05, 3.63) is 83.3 Å². The highest BCUT2D eigenvalue weighted by molar-refractivity contribution is 6.46. The van der Waals surface area contributed by atoms with Crippen LogP contribution in [0.15, 0.2) is 60.8 Å². The Labute approximate surface area is 223 Å². The molecule has 1 N–H and O–H groups in total. The smallest absolute Gasteiger partial charge is 0.295 e. The number of aliphatic hydroxyl groups is 1. The number of aromatic nitrogens is 2. The van der Waals surface area contributed by atoms with E-state index in [0.717, 1.165) is 25.2 Å². The van der Waals surface area contributed by atoms with Crippen molar-refractivity contribution in [1.29, 1.82) is 0 Å². The maximum Gasteiger partial charge on any atom is 0.295 e. The molecule has 1 amide bonds. The number of hydrogen-bond donors (Lipinski definition) is 1. The number of rotatable bonds is 11. The monoisotopic (exact) mass is 516 g/mol. The molecule has 8 nitrogen and oxygen atoms in total. The summed E-state index contributed by atoms with van der Waals surface area (Å²) in [5.41, 5.74) is 3.35. The molecule has 0 radical (unpaired) electrons. The van der Waals surface area contributed by atoms with Gasteiger partial charge in [0.2, 0.25) is 0 Å². The molecule has 0 aliphatic carbocycles. The first-order valence-electron chi connectivity index (χ1n) is 13.1. The molecule has 1 fully saturated rings. The van der Waals surface area contributed by atoms with E-state index in [1.165, 1.54) is 0 Å². The molecule has 1 atom stereocenters. The van der Waals surface area contributed by atoms with Gasteiger partial charge >= 0.3 is 0 Å². The largest absolute Gasteiger partial charge is 0.505 e. The minimum atomic E-state index is -0.760. The summed E-state index contributed by atoms with van der Waals surface area (Å²) in [7, 11) is 0. The van der Waals surface area contributed by atoms with E-state index < -0.39 is 17.7 Å². The first kappa shape index (κ1) is 27.1. The fourth-order valence-electron chi connectivity index (χ4n) is 5.07. The number of amides is 1. The summed E-state index contributed by atoms with van der Waals surface area (Å²) in [6, 6.07) is 10.4. The molecule has 1 aliphatic rings. The lowest BCUT2D eigenvalue weighted by Gasteiger charge is -2.27. The van der Waals surface area contributed by atoms with Gasteiger partial charge in [0, 0.05) is 12.7 Å². The Hall–Kier alpha value is -3.91. The summed E-state index contributed by atoms with van der Waals surface area (Å²) < 4.78 is 7.61. The number of fused-ring (bicyclic) bond motifs is 1.